The van der Waals surface area contributed by atoms with Crippen LogP contribution in [-0.4, -0.2) is 64.9 Å². The number of hydrogen-bond donors (Lipinski definition) is 1. The Morgan fingerprint density at radius 2 is 2.06 bits per heavy atom. The Labute approximate surface area is 206 Å². The van der Waals surface area contributed by atoms with Crippen LogP contribution in [0.3, 0.4) is 0 Å². The van der Waals surface area contributed by atoms with Crippen LogP contribution in [0.4, 0.5) is 8.78 Å². The van der Waals surface area contributed by atoms with Crippen LogP contribution < -0.4 is 10.4 Å². The summed E-state index contributed by atoms with van der Waals surface area (Å²) in [7, 11) is 5.60. The predicted molar refractivity (Wildman–Crippen MR) is 133 cm³/mol. The quantitative estimate of drug-likeness (QED) is 0.307. The number of H-pyrrole nitrogens is 1. The second-order valence-electron chi connectivity index (χ2n) is 9.47. The second-order valence-corrected chi connectivity index (χ2v) is 9.47. The molecule has 5 rings (SSSR count). The number of imidazole rings is 1. The summed E-state index contributed by atoms with van der Waals surface area (Å²) in [6.45, 7) is 2.42. The number of halogens is 2. The first-order valence-electron chi connectivity index (χ1n) is 12.1. The number of fused-ring (bicyclic) bond motifs is 3. The SMILES string of the molecule is CN(C)CCCOc1ccc(-c2cc3c(cc2F)nc([C@@H]2CCCOC2)c2c3[nH]c(=O)n2C)c(F)n1. The highest BCUT2D eigenvalue weighted by Crippen LogP contribution is 2.36. The van der Waals surface area contributed by atoms with E-state index in [1.807, 2.05) is 19.0 Å². The van der Waals surface area contributed by atoms with Gasteiger partial charge in [0.2, 0.25) is 11.8 Å². The van der Waals surface area contributed by atoms with Crippen LogP contribution in [0.5, 0.6) is 5.88 Å². The summed E-state index contributed by atoms with van der Waals surface area (Å²) in [5, 5.41) is 0.531. The number of ether oxygens (including phenoxy) is 2. The number of benzene rings is 1. The first kappa shape index (κ1) is 24.3. The summed E-state index contributed by atoms with van der Waals surface area (Å²) >= 11 is 0. The number of nitrogens with one attached hydrogen (secondary N) is 1. The maximum atomic E-state index is 15.3. The average molecular weight is 498 g/mol. The molecule has 0 bridgehead atoms. The Kier molecular flexibility index (Phi) is 6.72. The second kappa shape index (κ2) is 9.94. The van der Waals surface area contributed by atoms with E-state index in [1.54, 1.807) is 7.05 Å². The topological polar surface area (TPSA) is 85.3 Å². The Hall–Kier alpha value is -3.37. The normalized spacial score (nSPS) is 16.3. The first-order valence-corrected chi connectivity index (χ1v) is 12.1. The summed E-state index contributed by atoms with van der Waals surface area (Å²) in [6.07, 6.45) is 2.53. The molecule has 190 valence electrons. The molecule has 0 amide bonds. The van der Waals surface area contributed by atoms with E-state index in [4.69, 9.17) is 14.5 Å². The summed E-state index contributed by atoms with van der Waals surface area (Å²) < 4.78 is 43.0. The highest BCUT2D eigenvalue weighted by Gasteiger charge is 2.25. The van der Waals surface area contributed by atoms with Gasteiger partial charge in [0.25, 0.3) is 0 Å². The van der Waals surface area contributed by atoms with Gasteiger partial charge < -0.3 is 19.4 Å². The number of hydrogen-bond acceptors (Lipinski definition) is 6. The number of pyridine rings is 2. The molecule has 10 heteroatoms. The molecule has 0 unspecified atom stereocenters. The molecule has 4 heterocycles. The third-order valence-corrected chi connectivity index (χ3v) is 6.61. The van der Waals surface area contributed by atoms with Gasteiger partial charge in [-0.3, -0.25) is 4.57 Å². The molecule has 1 aromatic carbocycles. The Balaban J connectivity index is 1.56. The number of rotatable bonds is 7. The fourth-order valence-electron chi connectivity index (χ4n) is 4.76. The standard InChI is InChI=1S/C26H29F2N5O3/c1-32(2)9-5-11-36-21-8-7-16(25(28)30-21)17-12-18-20(13-19(17)27)29-22(15-6-4-10-35-14-15)24-23(18)31-26(34)33(24)3/h7-8,12-13,15H,4-6,9-11,14H2,1-3H3,(H,31,34)/t15-/m1/s1. The van der Waals surface area contributed by atoms with Gasteiger partial charge in [-0.05, 0) is 45.5 Å². The summed E-state index contributed by atoms with van der Waals surface area (Å²) in [4.78, 5) is 26.1. The van der Waals surface area contributed by atoms with E-state index in [0.29, 0.717) is 47.5 Å². The van der Waals surface area contributed by atoms with Crippen molar-refractivity contribution in [3.8, 4) is 17.0 Å². The number of nitrogens with zero attached hydrogens (tertiary/aromatic N) is 4. The molecule has 4 aromatic rings. The molecule has 36 heavy (non-hydrogen) atoms. The minimum Gasteiger partial charge on any atom is -0.478 e. The Morgan fingerprint density at radius 3 is 2.78 bits per heavy atom. The zero-order valence-corrected chi connectivity index (χ0v) is 20.6. The molecule has 1 aliphatic rings. The molecule has 8 nitrogen and oxygen atoms in total. The van der Waals surface area contributed by atoms with Gasteiger partial charge in [0, 0.05) is 54.8 Å². The van der Waals surface area contributed by atoms with E-state index < -0.39 is 11.8 Å². The van der Waals surface area contributed by atoms with Crippen LogP contribution >= 0.6 is 0 Å². The lowest BCUT2D eigenvalue weighted by Crippen LogP contribution is -2.19. The monoisotopic (exact) mass is 497 g/mol. The molecule has 0 saturated carbocycles. The van der Waals surface area contributed by atoms with Crippen LogP contribution in [0, 0.1) is 11.8 Å². The van der Waals surface area contributed by atoms with Gasteiger partial charge in [0.1, 0.15) is 5.82 Å². The number of aromatic nitrogens is 4. The van der Waals surface area contributed by atoms with Crippen molar-refractivity contribution in [3.05, 3.63) is 52.2 Å². The van der Waals surface area contributed by atoms with Crippen molar-refractivity contribution in [1.82, 2.24) is 24.4 Å². The van der Waals surface area contributed by atoms with Gasteiger partial charge in [-0.25, -0.2) is 14.2 Å². The van der Waals surface area contributed by atoms with E-state index in [1.165, 1.54) is 28.8 Å². The lowest BCUT2D eigenvalue weighted by molar-refractivity contribution is 0.0797. The van der Waals surface area contributed by atoms with Crippen molar-refractivity contribution in [3.63, 3.8) is 0 Å². The van der Waals surface area contributed by atoms with Gasteiger partial charge in [-0.2, -0.15) is 9.37 Å². The van der Waals surface area contributed by atoms with Crippen LogP contribution in [0.25, 0.3) is 33.1 Å². The first-order chi connectivity index (χ1) is 17.3. The molecular formula is C26H29F2N5O3. The molecule has 0 aliphatic carbocycles. The molecule has 0 spiro atoms. The van der Waals surface area contributed by atoms with Crippen molar-refractivity contribution < 1.29 is 18.3 Å². The lowest BCUT2D eigenvalue weighted by atomic mass is 9.95. The summed E-state index contributed by atoms with van der Waals surface area (Å²) in [5.41, 5.74) is 2.03. The number of aromatic amines is 1. The van der Waals surface area contributed by atoms with Gasteiger partial charge in [-0.1, -0.05) is 0 Å². The molecule has 1 N–H and O–H groups in total. The van der Waals surface area contributed by atoms with Gasteiger partial charge in [-0.15, -0.1) is 0 Å². The third kappa shape index (κ3) is 4.58. The van der Waals surface area contributed by atoms with Crippen LogP contribution in [0.15, 0.2) is 29.1 Å². The minimum absolute atomic E-state index is 0.00158. The maximum Gasteiger partial charge on any atom is 0.326 e. The van der Waals surface area contributed by atoms with E-state index >= 15 is 4.39 Å². The van der Waals surface area contributed by atoms with Crippen molar-refractivity contribution in [2.24, 2.45) is 7.05 Å². The van der Waals surface area contributed by atoms with Gasteiger partial charge >= 0.3 is 5.69 Å². The van der Waals surface area contributed by atoms with Crippen LogP contribution in [0.1, 0.15) is 30.9 Å². The predicted octanol–water partition coefficient (Wildman–Crippen LogP) is 3.98. The fourth-order valence-corrected chi connectivity index (χ4v) is 4.76. The van der Waals surface area contributed by atoms with Crippen molar-refractivity contribution in [2.75, 3.05) is 40.5 Å². The van der Waals surface area contributed by atoms with E-state index in [-0.39, 0.29) is 28.6 Å². The largest absolute Gasteiger partial charge is 0.478 e. The number of aryl methyl sites for hydroxylation is 1. The summed E-state index contributed by atoms with van der Waals surface area (Å²) in [6, 6.07) is 5.80. The fraction of sp³-hybridized carbons (Fsp3) is 0.423. The third-order valence-electron chi connectivity index (χ3n) is 6.61. The molecule has 0 radical (unpaired) electrons. The molecule has 1 fully saturated rings. The highest BCUT2D eigenvalue weighted by molar-refractivity contribution is 6.05. The average Bonchev–Trinajstić information content (AvgIpc) is 3.16. The van der Waals surface area contributed by atoms with Crippen molar-refractivity contribution in [1.29, 1.82) is 0 Å². The Morgan fingerprint density at radius 1 is 1.22 bits per heavy atom. The van der Waals surface area contributed by atoms with Crippen LogP contribution in [0.2, 0.25) is 0 Å². The molecule has 1 saturated heterocycles. The minimum atomic E-state index is -0.833. The zero-order chi connectivity index (χ0) is 25.4. The lowest BCUT2D eigenvalue weighted by Gasteiger charge is -2.23. The smallest absolute Gasteiger partial charge is 0.326 e. The zero-order valence-electron chi connectivity index (χ0n) is 20.6. The molecular weight excluding hydrogens is 468 g/mol. The van der Waals surface area contributed by atoms with Crippen molar-refractivity contribution in [2.45, 2.75) is 25.2 Å². The molecule has 3 aromatic heterocycles. The van der Waals surface area contributed by atoms with Crippen LogP contribution in [-0.2, 0) is 11.8 Å². The van der Waals surface area contributed by atoms with Gasteiger partial charge in [0.05, 0.1) is 35.5 Å². The van der Waals surface area contributed by atoms with Crippen molar-refractivity contribution >= 4 is 21.9 Å². The van der Waals surface area contributed by atoms with E-state index in [9.17, 15) is 9.18 Å². The highest BCUT2D eigenvalue weighted by atomic mass is 19.1. The Bertz CT molecular complexity index is 1470. The van der Waals surface area contributed by atoms with E-state index in [2.05, 4.69) is 9.97 Å². The molecule has 1 aliphatic heterocycles. The van der Waals surface area contributed by atoms with Gasteiger partial charge in [0.15, 0.2) is 0 Å². The summed E-state index contributed by atoms with van der Waals surface area (Å²) in [5.74, 6) is -1.31. The van der Waals surface area contributed by atoms with E-state index in [0.717, 1.165) is 25.8 Å². The molecule has 1 atom stereocenters. The maximum absolute atomic E-state index is 15.3.